The van der Waals surface area contributed by atoms with Crippen LogP contribution in [0.25, 0.3) is 0 Å². The first-order chi connectivity index (χ1) is 11.3. The van der Waals surface area contributed by atoms with Crippen LogP contribution in [0.1, 0.15) is 44.4 Å². The molecule has 1 fully saturated rings. The van der Waals surface area contributed by atoms with Gasteiger partial charge < -0.3 is 15.5 Å². The number of aliphatic imine (C=N–C) groups is 1. The highest BCUT2D eigenvalue weighted by atomic mass is 127. The first-order valence-corrected chi connectivity index (χ1v) is 9.96. The number of nitrogens with one attached hydrogen (secondary N) is 2. The van der Waals surface area contributed by atoms with Gasteiger partial charge in [-0.25, -0.2) is 0 Å². The van der Waals surface area contributed by atoms with Crippen molar-refractivity contribution in [1.82, 2.24) is 15.5 Å². The van der Waals surface area contributed by atoms with Gasteiger partial charge in [0.2, 0.25) is 0 Å². The number of hydrogen-bond acceptors (Lipinski definition) is 3. The zero-order valence-electron chi connectivity index (χ0n) is 15.1. The smallest absolute Gasteiger partial charge is 0.191 e. The van der Waals surface area contributed by atoms with Gasteiger partial charge in [-0.1, -0.05) is 12.5 Å². The van der Waals surface area contributed by atoms with Gasteiger partial charge in [0, 0.05) is 37.1 Å². The summed E-state index contributed by atoms with van der Waals surface area (Å²) in [5.74, 6) is 0.954. The van der Waals surface area contributed by atoms with Gasteiger partial charge in [0.25, 0.3) is 0 Å². The summed E-state index contributed by atoms with van der Waals surface area (Å²) in [6.45, 7) is 9.68. The summed E-state index contributed by atoms with van der Waals surface area (Å²) < 4.78 is 0. The minimum atomic E-state index is 0. The molecule has 0 saturated carbocycles. The Hall–Kier alpha value is -0.340. The molecule has 1 aromatic rings. The molecule has 0 radical (unpaired) electrons. The zero-order chi connectivity index (χ0) is 16.3. The molecule has 1 aliphatic rings. The summed E-state index contributed by atoms with van der Waals surface area (Å²) in [6, 6.07) is 5.06. The second-order valence-electron chi connectivity index (χ2n) is 6.25. The fraction of sp³-hybridized carbons (Fsp3) is 0.722. The van der Waals surface area contributed by atoms with Crippen molar-refractivity contribution in [3.05, 3.63) is 22.4 Å². The Morgan fingerprint density at radius 1 is 1.38 bits per heavy atom. The van der Waals surface area contributed by atoms with Gasteiger partial charge in [-0.3, -0.25) is 4.99 Å². The molecule has 1 aromatic heterocycles. The lowest BCUT2D eigenvalue weighted by Gasteiger charge is -2.33. The van der Waals surface area contributed by atoms with Gasteiger partial charge in [0.15, 0.2) is 5.96 Å². The molecule has 0 amide bonds. The summed E-state index contributed by atoms with van der Waals surface area (Å²) in [7, 11) is 0. The van der Waals surface area contributed by atoms with Crippen LogP contribution in [-0.2, 0) is 6.42 Å². The molecule has 2 rings (SSSR count). The summed E-state index contributed by atoms with van der Waals surface area (Å²) >= 11 is 1.82. The van der Waals surface area contributed by atoms with E-state index in [1.807, 2.05) is 11.3 Å². The van der Waals surface area contributed by atoms with E-state index < -0.39 is 0 Å². The van der Waals surface area contributed by atoms with Crippen LogP contribution in [0.5, 0.6) is 0 Å². The van der Waals surface area contributed by atoms with Crippen molar-refractivity contribution in [1.29, 1.82) is 0 Å². The first kappa shape index (κ1) is 21.7. The van der Waals surface area contributed by atoms with E-state index in [2.05, 4.69) is 46.9 Å². The monoisotopic (exact) mass is 464 g/mol. The van der Waals surface area contributed by atoms with Crippen LogP contribution in [0.4, 0.5) is 0 Å². The highest BCUT2D eigenvalue weighted by Gasteiger charge is 2.16. The molecule has 0 aliphatic carbocycles. The molecule has 1 aliphatic heterocycles. The molecule has 24 heavy (non-hydrogen) atoms. The largest absolute Gasteiger partial charge is 0.357 e. The standard InChI is InChI=1S/C18H32N4S.HI/c1-3-19-18(21-12-10-17-9-6-15-23-17)20-11-7-14-22-13-5-4-8-16(22)2;/h6,9,15-16H,3-5,7-8,10-14H2,1-2H3,(H2,19,20,21);1H. The molecule has 138 valence electrons. The van der Waals surface area contributed by atoms with Crippen LogP contribution in [0.15, 0.2) is 22.5 Å². The van der Waals surface area contributed by atoms with Crippen LogP contribution >= 0.6 is 35.3 Å². The van der Waals surface area contributed by atoms with Crippen molar-refractivity contribution in [3.63, 3.8) is 0 Å². The Balaban J connectivity index is 0.00000288. The Morgan fingerprint density at radius 3 is 2.96 bits per heavy atom. The van der Waals surface area contributed by atoms with E-state index in [4.69, 9.17) is 4.99 Å². The quantitative estimate of drug-likeness (QED) is 0.267. The van der Waals surface area contributed by atoms with E-state index in [0.717, 1.165) is 44.5 Å². The highest BCUT2D eigenvalue weighted by Crippen LogP contribution is 2.16. The molecule has 1 unspecified atom stereocenters. The summed E-state index contributed by atoms with van der Waals surface area (Å²) in [5.41, 5.74) is 0. The molecule has 1 atom stereocenters. The third-order valence-electron chi connectivity index (χ3n) is 4.40. The van der Waals surface area contributed by atoms with Gasteiger partial charge in [0.05, 0.1) is 0 Å². The number of halogens is 1. The number of hydrogen-bond donors (Lipinski definition) is 2. The summed E-state index contributed by atoms with van der Waals surface area (Å²) in [4.78, 5) is 8.76. The number of rotatable bonds is 8. The minimum Gasteiger partial charge on any atom is -0.357 e. The van der Waals surface area contributed by atoms with Crippen LogP contribution in [0.3, 0.4) is 0 Å². The van der Waals surface area contributed by atoms with E-state index >= 15 is 0 Å². The number of thiophene rings is 1. The zero-order valence-corrected chi connectivity index (χ0v) is 18.2. The van der Waals surface area contributed by atoms with E-state index in [-0.39, 0.29) is 24.0 Å². The fourth-order valence-corrected chi connectivity index (χ4v) is 3.76. The highest BCUT2D eigenvalue weighted by molar-refractivity contribution is 14.0. The molecule has 1 saturated heterocycles. The topological polar surface area (TPSA) is 39.7 Å². The maximum absolute atomic E-state index is 4.71. The molecule has 0 spiro atoms. The van der Waals surface area contributed by atoms with Crippen LogP contribution in [0.2, 0.25) is 0 Å². The van der Waals surface area contributed by atoms with E-state index in [1.165, 1.54) is 37.2 Å². The Labute approximate surface area is 168 Å². The fourth-order valence-electron chi connectivity index (χ4n) is 3.06. The summed E-state index contributed by atoms with van der Waals surface area (Å²) in [5, 5.41) is 8.91. The lowest BCUT2D eigenvalue weighted by Crippen LogP contribution is -2.39. The molecule has 6 heteroatoms. The maximum Gasteiger partial charge on any atom is 0.191 e. The van der Waals surface area contributed by atoms with Crippen molar-refractivity contribution in [2.24, 2.45) is 4.99 Å². The Kier molecular flexibility index (Phi) is 11.7. The average Bonchev–Trinajstić information content (AvgIpc) is 3.06. The van der Waals surface area contributed by atoms with E-state index in [1.54, 1.807) is 0 Å². The van der Waals surface area contributed by atoms with Crippen LogP contribution in [-0.4, -0.2) is 49.6 Å². The summed E-state index contributed by atoms with van der Waals surface area (Å²) in [6.07, 6.45) is 6.32. The van der Waals surface area contributed by atoms with Gasteiger partial charge in [-0.15, -0.1) is 35.3 Å². The second kappa shape index (κ2) is 12.9. The number of guanidine groups is 1. The van der Waals surface area contributed by atoms with Crippen LogP contribution in [0, 0.1) is 0 Å². The number of likely N-dealkylation sites (tertiary alicyclic amines) is 1. The molecule has 4 nitrogen and oxygen atoms in total. The van der Waals surface area contributed by atoms with Crippen molar-refractivity contribution in [3.8, 4) is 0 Å². The average molecular weight is 464 g/mol. The predicted octanol–water partition coefficient (Wildman–Crippen LogP) is 3.73. The van der Waals surface area contributed by atoms with Gasteiger partial charge in [-0.2, -0.15) is 0 Å². The van der Waals surface area contributed by atoms with Crippen molar-refractivity contribution in [2.45, 2.75) is 52.0 Å². The SMILES string of the molecule is CCNC(=NCCCN1CCCCC1C)NCCc1cccs1.I. The molecule has 0 aromatic carbocycles. The Morgan fingerprint density at radius 2 is 2.25 bits per heavy atom. The molecular weight excluding hydrogens is 431 g/mol. The van der Waals surface area contributed by atoms with E-state index in [0.29, 0.717) is 0 Å². The van der Waals surface area contributed by atoms with Gasteiger partial charge in [-0.05, 0) is 57.5 Å². The van der Waals surface area contributed by atoms with E-state index in [9.17, 15) is 0 Å². The number of piperidine rings is 1. The second-order valence-corrected chi connectivity index (χ2v) is 7.28. The first-order valence-electron chi connectivity index (χ1n) is 9.08. The molecular formula is C18H33IN4S. The molecule has 2 heterocycles. The van der Waals surface area contributed by atoms with Gasteiger partial charge in [0.1, 0.15) is 0 Å². The molecule has 0 bridgehead atoms. The Bertz CT molecular complexity index is 450. The maximum atomic E-state index is 4.71. The predicted molar refractivity (Wildman–Crippen MR) is 117 cm³/mol. The van der Waals surface area contributed by atoms with Crippen molar-refractivity contribution < 1.29 is 0 Å². The third-order valence-corrected chi connectivity index (χ3v) is 5.34. The minimum absolute atomic E-state index is 0. The third kappa shape index (κ3) is 8.16. The molecule has 2 N–H and O–H groups in total. The van der Waals surface area contributed by atoms with Crippen molar-refractivity contribution in [2.75, 3.05) is 32.7 Å². The lowest BCUT2D eigenvalue weighted by molar-refractivity contribution is 0.160. The normalized spacial score (nSPS) is 18.9. The van der Waals surface area contributed by atoms with Crippen LogP contribution < -0.4 is 10.6 Å². The number of nitrogens with zero attached hydrogens (tertiary/aromatic N) is 2. The van der Waals surface area contributed by atoms with Gasteiger partial charge >= 0.3 is 0 Å². The lowest BCUT2D eigenvalue weighted by atomic mass is 10.0. The van der Waals surface area contributed by atoms with Crippen molar-refractivity contribution >= 4 is 41.3 Å².